The molecule has 0 spiro atoms. The van der Waals surface area contributed by atoms with Gasteiger partial charge in [0, 0.05) is 43.9 Å². The Hall–Kier alpha value is -7.63. The van der Waals surface area contributed by atoms with Crippen molar-refractivity contribution in [2.45, 2.75) is 0 Å². The van der Waals surface area contributed by atoms with Crippen molar-refractivity contribution in [2.75, 3.05) is 0 Å². The SMILES string of the molecule is c1ccc(-c2ccc3c(c2)c2ccccc2n3-c2ccc(-c3ccc(-c4nc(-c5ccccc5)nc(-c5cccc6oc7ccccc7c56)n4)cc3)cc2)cc1. The van der Waals surface area contributed by atoms with Crippen molar-refractivity contribution in [1.82, 2.24) is 19.5 Å². The Morgan fingerprint density at radius 3 is 1.61 bits per heavy atom. The van der Waals surface area contributed by atoms with Crippen LogP contribution in [0.1, 0.15) is 0 Å². The maximum Gasteiger partial charge on any atom is 0.164 e. The smallest absolute Gasteiger partial charge is 0.164 e. The lowest BCUT2D eigenvalue weighted by atomic mass is 10.0. The topological polar surface area (TPSA) is 56.7 Å². The minimum Gasteiger partial charge on any atom is -0.456 e. The van der Waals surface area contributed by atoms with Gasteiger partial charge in [0.15, 0.2) is 17.5 Å². The van der Waals surface area contributed by atoms with Crippen molar-refractivity contribution in [2.24, 2.45) is 0 Å². The largest absolute Gasteiger partial charge is 0.456 e. The van der Waals surface area contributed by atoms with Gasteiger partial charge in [-0.25, -0.2) is 15.0 Å². The van der Waals surface area contributed by atoms with Gasteiger partial charge in [-0.15, -0.1) is 0 Å². The van der Waals surface area contributed by atoms with Gasteiger partial charge in [0.2, 0.25) is 0 Å². The Kier molecular flexibility index (Phi) is 7.42. The van der Waals surface area contributed by atoms with Gasteiger partial charge in [-0.3, -0.25) is 0 Å². The summed E-state index contributed by atoms with van der Waals surface area (Å²) in [5.41, 5.74) is 12.6. The van der Waals surface area contributed by atoms with Crippen LogP contribution in [0, 0.1) is 0 Å². The standard InChI is InChI=1S/C51H32N4O/c1-3-12-33(13-4-1)38-28-31-45-43(32-38)40-16-7-9-19-44(40)55(45)39-29-26-35(27-30-39)34-22-24-37(25-23-34)50-52-49(36-14-5-2-6-15-36)53-51(54-50)42-18-11-21-47-48(42)41-17-8-10-20-46(41)56-47/h1-32H. The first kappa shape index (κ1) is 31.9. The highest BCUT2D eigenvalue weighted by atomic mass is 16.3. The summed E-state index contributed by atoms with van der Waals surface area (Å²) in [6.45, 7) is 0. The molecule has 0 saturated heterocycles. The molecule has 11 aromatic rings. The number of aromatic nitrogens is 4. The average Bonchev–Trinajstić information content (AvgIpc) is 3.83. The second-order valence-corrected chi connectivity index (χ2v) is 14.0. The molecule has 0 atom stereocenters. The van der Waals surface area contributed by atoms with Crippen LogP contribution in [0.25, 0.3) is 106 Å². The predicted molar refractivity (Wildman–Crippen MR) is 229 cm³/mol. The van der Waals surface area contributed by atoms with Gasteiger partial charge in [-0.05, 0) is 64.7 Å². The van der Waals surface area contributed by atoms with E-state index in [0.29, 0.717) is 17.5 Å². The van der Waals surface area contributed by atoms with Crippen molar-refractivity contribution < 1.29 is 4.42 Å². The summed E-state index contributed by atoms with van der Waals surface area (Å²) >= 11 is 0. The van der Waals surface area contributed by atoms with Crippen LogP contribution in [-0.4, -0.2) is 19.5 Å². The maximum absolute atomic E-state index is 6.21. The Morgan fingerprint density at radius 1 is 0.339 bits per heavy atom. The summed E-state index contributed by atoms with van der Waals surface area (Å²) in [5, 5.41) is 4.52. The van der Waals surface area contributed by atoms with Crippen LogP contribution in [0.15, 0.2) is 199 Å². The Labute approximate surface area is 322 Å². The first-order chi connectivity index (χ1) is 27.7. The number of benzene rings is 8. The van der Waals surface area contributed by atoms with Gasteiger partial charge >= 0.3 is 0 Å². The van der Waals surface area contributed by atoms with E-state index in [-0.39, 0.29) is 0 Å². The third-order valence-electron chi connectivity index (χ3n) is 10.7. The molecule has 0 radical (unpaired) electrons. The highest BCUT2D eigenvalue weighted by Crippen LogP contribution is 2.38. The molecule has 262 valence electrons. The zero-order chi connectivity index (χ0) is 37.0. The molecule has 11 rings (SSSR count). The first-order valence-corrected chi connectivity index (χ1v) is 18.8. The maximum atomic E-state index is 6.21. The fraction of sp³-hybridized carbons (Fsp3) is 0. The number of rotatable bonds is 6. The van der Waals surface area contributed by atoms with Gasteiger partial charge < -0.3 is 8.98 Å². The van der Waals surface area contributed by atoms with Crippen molar-refractivity contribution in [3.8, 4) is 62.1 Å². The minimum atomic E-state index is 0.604. The fourth-order valence-electron chi connectivity index (χ4n) is 7.98. The van der Waals surface area contributed by atoms with Crippen molar-refractivity contribution in [3.05, 3.63) is 194 Å². The van der Waals surface area contributed by atoms with Crippen LogP contribution in [0.2, 0.25) is 0 Å². The molecule has 5 heteroatoms. The van der Waals surface area contributed by atoms with E-state index in [1.165, 1.54) is 32.9 Å². The molecule has 0 amide bonds. The Morgan fingerprint density at radius 2 is 0.857 bits per heavy atom. The second kappa shape index (κ2) is 13.0. The van der Waals surface area contributed by atoms with Gasteiger partial charge in [-0.1, -0.05) is 152 Å². The molecule has 0 N–H and O–H groups in total. The van der Waals surface area contributed by atoms with Crippen LogP contribution in [-0.2, 0) is 0 Å². The number of furan rings is 1. The third-order valence-corrected chi connectivity index (χ3v) is 10.7. The van der Waals surface area contributed by atoms with Crippen molar-refractivity contribution in [3.63, 3.8) is 0 Å². The quantitative estimate of drug-likeness (QED) is 0.172. The molecule has 0 saturated carbocycles. The zero-order valence-electron chi connectivity index (χ0n) is 30.2. The molecule has 0 aliphatic carbocycles. The molecule has 3 aromatic heterocycles. The Bertz CT molecular complexity index is 3220. The van der Waals surface area contributed by atoms with E-state index < -0.39 is 0 Å². The Balaban J connectivity index is 0.961. The average molecular weight is 717 g/mol. The molecule has 0 bridgehead atoms. The number of fused-ring (bicyclic) bond motifs is 6. The minimum absolute atomic E-state index is 0.604. The van der Waals surface area contributed by atoms with Crippen LogP contribution in [0.4, 0.5) is 0 Å². The number of para-hydroxylation sites is 2. The van der Waals surface area contributed by atoms with E-state index in [4.69, 9.17) is 19.4 Å². The molecule has 0 unspecified atom stereocenters. The summed E-state index contributed by atoms with van der Waals surface area (Å²) < 4.78 is 8.58. The summed E-state index contributed by atoms with van der Waals surface area (Å²) in [6, 6.07) is 67.6. The van der Waals surface area contributed by atoms with Gasteiger partial charge in [0.05, 0.1) is 11.0 Å². The van der Waals surface area contributed by atoms with Crippen molar-refractivity contribution in [1.29, 1.82) is 0 Å². The molecule has 5 nitrogen and oxygen atoms in total. The summed E-state index contributed by atoms with van der Waals surface area (Å²) in [5.74, 6) is 1.84. The van der Waals surface area contributed by atoms with Crippen LogP contribution in [0.5, 0.6) is 0 Å². The monoisotopic (exact) mass is 716 g/mol. The fourth-order valence-corrected chi connectivity index (χ4v) is 7.98. The molecule has 0 aliphatic rings. The normalized spacial score (nSPS) is 11.6. The number of hydrogen-bond donors (Lipinski definition) is 0. The highest BCUT2D eigenvalue weighted by Gasteiger charge is 2.18. The third kappa shape index (κ3) is 5.37. The predicted octanol–water partition coefficient (Wildman–Crippen LogP) is 13.2. The summed E-state index contributed by atoms with van der Waals surface area (Å²) in [7, 11) is 0. The molecule has 0 fully saturated rings. The summed E-state index contributed by atoms with van der Waals surface area (Å²) in [6.07, 6.45) is 0. The molecule has 3 heterocycles. The van der Waals surface area contributed by atoms with Crippen LogP contribution in [0.3, 0.4) is 0 Å². The van der Waals surface area contributed by atoms with E-state index in [9.17, 15) is 0 Å². The van der Waals surface area contributed by atoms with Crippen LogP contribution >= 0.6 is 0 Å². The van der Waals surface area contributed by atoms with E-state index in [0.717, 1.165) is 55.4 Å². The molecule has 0 aliphatic heterocycles. The molecular formula is C51H32N4O. The number of nitrogens with zero attached hydrogens (tertiary/aromatic N) is 4. The van der Waals surface area contributed by atoms with E-state index in [1.54, 1.807) is 0 Å². The molecule has 56 heavy (non-hydrogen) atoms. The summed E-state index contributed by atoms with van der Waals surface area (Å²) in [4.78, 5) is 15.1. The van der Waals surface area contributed by atoms with E-state index in [1.807, 2.05) is 60.7 Å². The highest BCUT2D eigenvalue weighted by molar-refractivity contribution is 6.12. The first-order valence-electron chi connectivity index (χ1n) is 18.8. The number of hydrogen-bond acceptors (Lipinski definition) is 4. The van der Waals surface area contributed by atoms with Gasteiger partial charge in [0.25, 0.3) is 0 Å². The van der Waals surface area contributed by atoms with Gasteiger partial charge in [0.1, 0.15) is 11.2 Å². The second-order valence-electron chi connectivity index (χ2n) is 14.0. The van der Waals surface area contributed by atoms with Gasteiger partial charge in [-0.2, -0.15) is 0 Å². The van der Waals surface area contributed by atoms with Crippen molar-refractivity contribution >= 4 is 43.7 Å². The van der Waals surface area contributed by atoms with E-state index >= 15 is 0 Å². The van der Waals surface area contributed by atoms with E-state index in [2.05, 4.69) is 138 Å². The lowest BCUT2D eigenvalue weighted by Gasteiger charge is -2.11. The lowest BCUT2D eigenvalue weighted by molar-refractivity contribution is 0.669. The van der Waals surface area contributed by atoms with Crippen LogP contribution < -0.4 is 0 Å². The molecule has 8 aromatic carbocycles. The lowest BCUT2D eigenvalue weighted by Crippen LogP contribution is -2.00. The molecular weight excluding hydrogens is 685 g/mol. The zero-order valence-corrected chi connectivity index (χ0v) is 30.2.